The Balaban J connectivity index is 2.09. The van der Waals surface area contributed by atoms with Crippen LogP contribution in [0.15, 0.2) is 30.7 Å². The molecule has 1 aliphatic heterocycles. The summed E-state index contributed by atoms with van der Waals surface area (Å²) in [6.45, 7) is 2.85. The lowest BCUT2D eigenvalue weighted by Crippen LogP contribution is -2.28. The van der Waals surface area contributed by atoms with Gasteiger partial charge < -0.3 is 5.32 Å². The van der Waals surface area contributed by atoms with Crippen LogP contribution in [0, 0.1) is 0 Å². The zero-order valence-electron chi connectivity index (χ0n) is 8.35. The Kier molecular flexibility index (Phi) is 1.99. The number of hydrogen-bond acceptors (Lipinski definition) is 3. The van der Waals surface area contributed by atoms with E-state index in [1.165, 1.54) is 11.3 Å². The highest BCUT2D eigenvalue weighted by Crippen LogP contribution is 2.23. The van der Waals surface area contributed by atoms with Gasteiger partial charge in [0.15, 0.2) is 0 Å². The third-order valence-electron chi connectivity index (χ3n) is 2.71. The summed E-state index contributed by atoms with van der Waals surface area (Å²) in [7, 11) is 0. The molecule has 2 aromatic rings. The molecule has 0 aliphatic carbocycles. The van der Waals surface area contributed by atoms with Crippen LogP contribution in [0.1, 0.15) is 5.69 Å². The molecule has 1 aliphatic rings. The van der Waals surface area contributed by atoms with Crippen molar-refractivity contribution in [1.29, 1.82) is 0 Å². The van der Waals surface area contributed by atoms with Crippen LogP contribution in [-0.4, -0.2) is 21.3 Å². The lowest BCUT2D eigenvalue weighted by Gasteiger charge is -2.16. The summed E-state index contributed by atoms with van der Waals surface area (Å²) in [5, 5.41) is 7.74. The van der Waals surface area contributed by atoms with Gasteiger partial charge in [-0.15, -0.1) is 0 Å². The first kappa shape index (κ1) is 8.61. The summed E-state index contributed by atoms with van der Waals surface area (Å²) in [5.74, 6) is 0. The summed E-state index contributed by atoms with van der Waals surface area (Å²) >= 11 is 0. The summed E-state index contributed by atoms with van der Waals surface area (Å²) in [6, 6.07) is 4.02. The number of rotatable bonds is 1. The topological polar surface area (TPSA) is 42.7 Å². The first-order valence-electron chi connectivity index (χ1n) is 5.11. The maximum absolute atomic E-state index is 4.38. The van der Waals surface area contributed by atoms with Crippen LogP contribution >= 0.6 is 0 Å². The molecule has 0 bridgehead atoms. The summed E-state index contributed by atoms with van der Waals surface area (Å²) in [5.41, 5.74) is 3.59. The van der Waals surface area contributed by atoms with E-state index in [9.17, 15) is 0 Å². The number of nitrogens with one attached hydrogen (secondary N) is 1. The third-order valence-corrected chi connectivity index (χ3v) is 2.71. The molecule has 15 heavy (non-hydrogen) atoms. The number of aromatic nitrogens is 3. The molecule has 0 fully saturated rings. The quantitative estimate of drug-likeness (QED) is 0.748. The largest absolute Gasteiger partial charge is 0.309 e. The van der Waals surface area contributed by atoms with Crippen molar-refractivity contribution in [3.05, 3.63) is 36.4 Å². The van der Waals surface area contributed by atoms with Crippen molar-refractivity contribution in [1.82, 2.24) is 20.1 Å². The fraction of sp³-hybridized carbons (Fsp3) is 0.273. The monoisotopic (exact) mass is 200 g/mol. The highest BCUT2D eigenvalue weighted by molar-refractivity contribution is 5.64. The Morgan fingerprint density at radius 3 is 3.20 bits per heavy atom. The van der Waals surface area contributed by atoms with Crippen molar-refractivity contribution in [3.8, 4) is 11.1 Å². The standard InChI is InChI=1S/C11H12N4/c1-2-9(6-12-3-1)10-7-14-15-5-4-13-8-11(10)15/h1-3,6-7,13H,4-5,8H2. The van der Waals surface area contributed by atoms with Crippen molar-refractivity contribution in [3.63, 3.8) is 0 Å². The van der Waals surface area contributed by atoms with E-state index in [2.05, 4.69) is 26.1 Å². The molecule has 4 heteroatoms. The number of pyridine rings is 1. The molecule has 1 N–H and O–H groups in total. The molecule has 0 atom stereocenters. The van der Waals surface area contributed by atoms with Crippen LogP contribution in [-0.2, 0) is 13.1 Å². The zero-order valence-corrected chi connectivity index (χ0v) is 8.35. The number of fused-ring (bicyclic) bond motifs is 1. The van der Waals surface area contributed by atoms with Crippen molar-refractivity contribution in [2.75, 3.05) is 6.54 Å². The maximum atomic E-state index is 4.38. The second-order valence-corrected chi connectivity index (χ2v) is 3.65. The second kappa shape index (κ2) is 3.47. The van der Waals surface area contributed by atoms with Crippen LogP contribution in [0.25, 0.3) is 11.1 Å². The molecule has 0 amide bonds. The molecule has 3 heterocycles. The average Bonchev–Trinajstić information content (AvgIpc) is 2.74. The summed E-state index contributed by atoms with van der Waals surface area (Å²) in [4.78, 5) is 4.13. The van der Waals surface area contributed by atoms with E-state index in [4.69, 9.17) is 0 Å². The zero-order chi connectivity index (χ0) is 10.1. The minimum Gasteiger partial charge on any atom is -0.309 e. The minimum absolute atomic E-state index is 0.893. The van der Waals surface area contributed by atoms with Crippen LogP contribution in [0.3, 0.4) is 0 Å². The van der Waals surface area contributed by atoms with Crippen LogP contribution < -0.4 is 5.32 Å². The van der Waals surface area contributed by atoms with Crippen LogP contribution in [0.4, 0.5) is 0 Å². The Labute approximate surface area is 88.0 Å². The van der Waals surface area contributed by atoms with Gasteiger partial charge in [0.05, 0.1) is 18.4 Å². The molecule has 0 saturated carbocycles. The molecular formula is C11H12N4. The Hall–Kier alpha value is -1.68. The van der Waals surface area contributed by atoms with Crippen molar-refractivity contribution in [2.24, 2.45) is 0 Å². The van der Waals surface area contributed by atoms with E-state index < -0.39 is 0 Å². The molecule has 0 radical (unpaired) electrons. The van der Waals surface area contributed by atoms with Crippen molar-refractivity contribution < 1.29 is 0 Å². The van der Waals surface area contributed by atoms with Crippen molar-refractivity contribution >= 4 is 0 Å². The molecule has 0 saturated heterocycles. The minimum atomic E-state index is 0.893. The predicted octanol–water partition coefficient (Wildman–Crippen LogP) is 1.05. The fourth-order valence-corrected chi connectivity index (χ4v) is 1.94. The predicted molar refractivity (Wildman–Crippen MR) is 57.2 cm³/mol. The second-order valence-electron chi connectivity index (χ2n) is 3.65. The molecule has 0 aromatic carbocycles. The van der Waals surface area contributed by atoms with Gasteiger partial charge >= 0.3 is 0 Å². The molecule has 76 valence electrons. The smallest absolute Gasteiger partial charge is 0.0601 e. The third kappa shape index (κ3) is 1.43. The first-order chi connectivity index (χ1) is 7.45. The number of nitrogens with zero attached hydrogens (tertiary/aromatic N) is 3. The molecule has 3 rings (SSSR count). The lowest BCUT2D eigenvalue weighted by atomic mass is 10.1. The van der Waals surface area contributed by atoms with E-state index in [-0.39, 0.29) is 0 Å². The molecular weight excluding hydrogens is 188 g/mol. The molecule has 0 unspecified atom stereocenters. The highest BCUT2D eigenvalue weighted by Gasteiger charge is 2.14. The Morgan fingerprint density at radius 1 is 1.33 bits per heavy atom. The molecule has 4 nitrogen and oxygen atoms in total. The van der Waals surface area contributed by atoms with Gasteiger partial charge in [-0.1, -0.05) is 6.07 Å². The molecule has 0 spiro atoms. The molecule has 2 aromatic heterocycles. The lowest BCUT2D eigenvalue weighted by molar-refractivity contribution is 0.476. The van der Waals surface area contributed by atoms with E-state index in [1.54, 1.807) is 6.20 Å². The van der Waals surface area contributed by atoms with E-state index in [0.29, 0.717) is 0 Å². The Morgan fingerprint density at radius 2 is 2.33 bits per heavy atom. The number of hydrogen-bond donors (Lipinski definition) is 1. The van der Waals surface area contributed by atoms with Crippen LogP contribution in [0.5, 0.6) is 0 Å². The average molecular weight is 200 g/mol. The van der Waals surface area contributed by atoms with Gasteiger partial charge in [-0.25, -0.2) is 0 Å². The van der Waals surface area contributed by atoms with E-state index in [1.807, 2.05) is 18.5 Å². The van der Waals surface area contributed by atoms with Gasteiger partial charge in [-0.2, -0.15) is 5.10 Å². The van der Waals surface area contributed by atoms with Gasteiger partial charge in [0.2, 0.25) is 0 Å². The van der Waals surface area contributed by atoms with Gasteiger partial charge in [-0.3, -0.25) is 9.67 Å². The van der Waals surface area contributed by atoms with Gasteiger partial charge in [0, 0.05) is 36.6 Å². The fourth-order valence-electron chi connectivity index (χ4n) is 1.94. The normalized spacial score (nSPS) is 14.9. The first-order valence-corrected chi connectivity index (χ1v) is 5.11. The van der Waals surface area contributed by atoms with Gasteiger partial charge in [0.1, 0.15) is 0 Å². The summed E-state index contributed by atoms with van der Waals surface area (Å²) in [6.07, 6.45) is 5.60. The van der Waals surface area contributed by atoms with Crippen LogP contribution in [0.2, 0.25) is 0 Å². The van der Waals surface area contributed by atoms with E-state index in [0.717, 1.165) is 25.2 Å². The van der Waals surface area contributed by atoms with Gasteiger partial charge in [0.25, 0.3) is 0 Å². The van der Waals surface area contributed by atoms with Crippen molar-refractivity contribution in [2.45, 2.75) is 13.1 Å². The highest BCUT2D eigenvalue weighted by atomic mass is 15.3. The maximum Gasteiger partial charge on any atom is 0.0601 e. The Bertz CT molecular complexity index is 461. The SMILES string of the molecule is c1cncc(-c2cnn3c2CNCC3)c1. The van der Waals surface area contributed by atoms with E-state index >= 15 is 0 Å². The van der Waals surface area contributed by atoms with Gasteiger partial charge in [-0.05, 0) is 6.07 Å². The summed E-state index contributed by atoms with van der Waals surface area (Å²) < 4.78 is 2.07.